The number of halogens is 1. The third-order valence-electron chi connectivity index (χ3n) is 5.19. The fourth-order valence-electron chi connectivity index (χ4n) is 3.55. The molecule has 0 amide bonds. The lowest BCUT2D eigenvalue weighted by molar-refractivity contribution is -0.159. The van der Waals surface area contributed by atoms with Gasteiger partial charge in [0.25, 0.3) is 0 Å². The number of carbonyl (C=O) groups is 2. The van der Waals surface area contributed by atoms with E-state index < -0.39 is 11.9 Å². The number of fused-ring (bicyclic) bond motifs is 1. The number of rotatable bonds is 4. The summed E-state index contributed by atoms with van der Waals surface area (Å²) in [7, 11) is 0. The molecule has 1 saturated heterocycles. The summed E-state index contributed by atoms with van der Waals surface area (Å²) in [4.78, 5) is 23.2. The first-order valence-corrected chi connectivity index (χ1v) is 10.0. The Bertz CT molecular complexity index is 1020. The Morgan fingerprint density at radius 1 is 0.710 bits per heavy atom. The molecule has 31 heavy (non-hydrogen) atoms. The van der Waals surface area contributed by atoms with E-state index in [0.29, 0.717) is 0 Å². The lowest BCUT2D eigenvalue weighted by atomic mass is 10.1. The number of hydrogen-bond acceptors (Lipinski definition) is 4. The van der Waals surface area contributed by atoms with Crippen LogP contribution in [0.1, 0.15) is 11.1 Å². The third kappa shape index (κ3) is 6.87. The summed E-state index contributed by atoms with van der Waals surface area (Å²) >= 11 is 0. The Kier molecular flexibility index (Phi) is 7.70. The Morgan fingerprint density at radius 2 is 1.19 bits per heavy atom. The second kappa shape index (κ2) is 10.7. The van der Waals surface area contributed by atoms with Crippen LogP contribution in [-0.2, 0) is 22.7 Å². The molecule has 1 aliphatic rings. The monoisotopic (exact) mass is 424 g/mol. The number of aliphatic carboxylic acids is 2. The van der Waals surface area contributed by atoms with Gasteiger partial charge in [0.15, 0.2) is 0 Å². The average Bonchev–Trinajstić information content (AvgIpc) is 2.77. The summed E-state index contributed by atoms with van der Waals surface area (Å²) in [6.07, 6.45) is 0. The van der Waals surface area contributed by atoms with E-state index in [9.17, 15) is 4.39 Å². The van der Waals surface area contributed by atoms with Gasteiger partial charge in [0, 0.05) is 39.3 Å². The Labute approximate surface area is 180 Å². The molecule has 0 radical (unpaired) electrons. The Morgan fingerprint density at radius 3 is 1.74 bits per heavy atom. The first kappa shape index (κ1) is 22.4. The standard InChI is InChI=1S/C22H23FN2.C2H2O4/c23-22-9-6-18(7-10-22)16-24-11-13-25(14-12-24)17-19-5-8-20-3-1-2-4-21(20)15-19;3-1(4)2(5)6/h1-10,15H,11-14,16-17H2;(H,3,4)(H,5,6). The second-order valence-corrected chi connectivity index (χ2v) is 7.47. The van der Waals surface area contributed by atoms with Crippen molar-refractivity contribution in [1.82, 2.24) is 9.80 Å². The van der Waals surface area contributed by atoms with Gasteiger partial charge in [0.1, 0.15) is 5.82 Å². The van der Waals surface area contributed by atoms with E-state index in [0.717, 1.165) is 39.3 Å². The summed E-state index contributed by atoms with van der Waals surface area (Å²) < 4.78 is 13.0. The number of piperazine rings is 1. The highest BCUT2D eigenvalue weighted by Crippen LogP contribution is 2.18. The zero-order valence-electron chi connectivity index (χ0n) is 17.1. The van der Waals surface area contributed by atoms with Gasteiger partial charge in [-0.15, -0.1) is 0 Å². The average molecular weight is 424 g/mol. The zero-order valence-corrected chi connectivity index (χ0v) is 17.1. The van der Waals surface area contributed by atoms with Crippen molar-refractivity contribution in [3.8, 4) is 0 Å². The predicted molar refractivity (Wildman–Crippen MR) is 116 cm³/mol. The first-order chi connectivity index (χ1) is 14.9. The van der Waals surface area contributed by atoms with Crippen LogP contribution >= 0.6 is 0 Å². The van der Waals surface area contributed by atoms with Crippen molar-refractivity contribution < 1.29 is 24.2 Å². The maximum absolute atomic E-state index is 13.0. The van der Waals surface area contributed by atoms with Crippen LogP contribution in [0.3, 0.4) is 0 Å². The van der Waals surface area contributed by atoms with Crippen molar-refractivity contribution in [2.24, 2.45) is 0 Å². The van der Waals surface area contributed by atoms with Gasteiger partial charge in [0.05, 0.1) is 0 Å². The van der Waals surface area contributed by atoms with Crippen molar-refractivity contribution in [2.45, 2.75) is 13.1 Å². The van der Waals surface area contributed by atoms with Crippen molar-refractivity contribution in [2.75, 3.05) is 26.2 Å². The van der Waals surface area contributed by atoms with Crippen LogP contribution < -0.4 is 0 Å². The van der Waals surface area contributed by atoms with Crippen molar-refractivity contribution >= 4 is 22.7 Å². The Hall–Kier alpha value is -3.29. The SMILES string of the molecule is Fc1ccc(CN2CCN(Cc3ccc4ccccc4c3)CC2)cc1.O=C(O)C(=O)O. The smallest absolute Gasteiger partial charge is 0.414 e. The summed E-state index contributed by atoms with van der Waals surface area (Å²) in [6, 6.07) is 22.2. The lowest BCUT2D eigenvalue weighted by Gasteiger charge is -2.34. The van der Waals surface area contributed by atoms with Crippen LogP contribution in [0, 0.1) is 5.82 Å². The molecule has 0 bridgehead atoms. The number of carboxylic acid groups (broad SMARTS) is 2. The van der Waals surface area contributed by atoms with E-state index in [1.54, 1.807) is 12.1 Å². The Balaban J connectivity index is 0.000000401. The molecule has 3 aromatic carbocycles. The fraction of sp³-hybridized carbons (Fsp3) is 0.250. The van der Waals surface area contributed by atoms with E-state index in [-0.39, 0.29) is 5.82 Å². The van der Waals surface area contributed by atoms with Gasteiger partial charge in [-0.05, 0) is 40.1 Å². The first-order valence-electron chi connectivity index (χ1n) is 10.0. The minimum absolute atomic E-state index is 0.163. The molecule has 0 saturated carbocycles. The minimum Gasteiger partial charge on any atom is -0.473 e. The van der Waals surface area contributed by atoms with E-state index >= 15 is 0 Å². The summed E-state index contributed by atoms with van der Waals surface area (Å²) in [5.41, 5.74) is 2.56. The van der Waals surface area contributed by atoms with Gasteiger partial charge in [-0.25, -0.2) is 14.0 Å². The van der Waals surface area contributed by atoms with E-state index in [1.807, 2.05) is 12.1 Å². The number of carboxylic acids is 2. The fourth-order valence-corrected chi connectivity index (χ4v) is 3.55. The summed E-state index contributed by atoms with van der Waals surface area (Å²) in [5, 5.41) is 17.4. The molecule has 2 N–H and O–H groups in total. The second-order valence-electron chi connectivity index (χ2n) is 7.47. The number of benzene rings is 3. The largest absolute Gasteiger partial charge is 0.473 e. The van der Waals surface area contributed by atoms with Gasteiger partial charge in [0.2, 0.25) is 0 Å². The van der Waals surface area contributed by atoms with Crippen LogP contribution in [0.5, 0.6) is 0 Å². The van der Waals surface area contributed by atoms with Crippen LogP contribution in [0.15, 0.2) is 66.7 Å². The van der Waals surface area contributed by atoms with E-state index in [4.69, 9.17) is 19.8 Å². The molecule has 0 atom stereocenters. The van der Waals surface area contributed by atoms with Gasteiger partial charge in [-0.2, -0.15) is 0 Å². The number of nitrogens with zero attached hydrogens (tertiary/aromatic N) is 2. The van der Waals surface area contributed by atoms with E-state index in [2.05, 4.69) is 52.3 Å². The molecule has 0 aromatic heterocycles. The third-order valence-corrected chi connectivity index (χ3v) is 5.19. The lowest BCUT2D eigenvalue weighted by Crippen LogP contribution is -2.45. The maximum atomic E-state index is 13.0. The normalized spacial score (nSPS) is 14.6. The van der Waals surface area contributed by atoms with Crippen LogP contribution in [0.25, 0.3) is 10.8 Å². The predicted octanol–water partition coefficient (Wildman–Crippen LogP) is 3.45. The summed E-state index contributed by atoms with van der Waals surface area (Å²) in [6.45, 7) is 6.19. The van der Waals surface area contributed by atoms with Crippen molar-refractivity contribution in [3.05, 3.63) is 83.7 Å². The molecule has 1 heterocycles. The highest BCUT2D eigenvalue weighted by molar-refractivity contribution is 6.27. The van der Waals surface area contributed by atoms with E-state index in [1.165, 1.54) is 21.9 Å². The quantitative estimate of drug-likeness (QED) is 0.625. The molecular weight excluding hydrogens is 399 g/mol. The molecule has 3 aromatic rings. The highest BCUT2D eigenvalue weighted by atomic mass is 19.1. The van der Waals surface area contributed by atoms with Gasteiger partial charge in [-0.3, -0.25) is 9.80 Å². The van der Waals surface area contributed by atoms with Gasteiger partial charge in [-0.1, -0.05) is 48.5 Å². The maximum Gasteiger partial charge on any atom is 0.414 e. The minimum atomic E-state index is -1.82. The molecule has 4 rings (SSSR count). The molecule has 0 aliphatic carbocycles. The molecule has 1 fully saturated rings. The topological polar surface area (TPSA) is 81.1 Å². The van der Waals surface area contributed by atoms with Crippen LogP contribution in [0.4, 0.5) is 4.39 Å². The highest BCUT2D eigenvalue weighted by Gasteiger charge is 2.17. The van der Waals surface area contributed by atoms with Crippen LogP contribution in [-0.4, -0.2) is 58.1 Å². The molecule has 7 heteroatoms. The van der Waals surface area contributed by atoms with Crippen molar-refractivity contribution in [1.29, 1.82) is 0 Å². The van der Waals surface area contributed by atoms with Crippen LogP contribution in [0.2, 0.25) is 0 Å². The summed E-state index contributed by atoms with van der Waals surface area (Å²) in [5.74, 6) is -3.81. The molecule has 162 valence electrons. The van der Waals surface area contributed by atoms with Gasteiger partial charge < -0.3 is 10.2 Å². The molecule has 0 spiro atoms. The molecular formula is C24H25FN2O4. The molecule has 1 aliphatic heterocycles. The zero-order chi connectivity index (χ0) is 22.2. The van der Waals surface area contributed by atoms with Crippen molar-refractivity contribution in [3.63, 3.8) is 0 Å². The van der Waals surface area contributed by atoms with Gasteiger partial charge >= 0.3 is 11.9 Å². The molecule has 0 unspecified atom stereocenters. The number of hydrogen-bond donors (Lipinski definition) is 2. The molecule has 6 nitrogen and oxygen atoms in total.